The Bertz CT molecular complexity index is 3310. The second-order valence-corrected chi connectivity index (χ2v) is 16.8. The molecule has 7 aromatic carbocycles. The number of para-hydroxylation sites is 1. The highest BCUT2D eigenvalue weighted by atomic mass is 16.3. The lowest BCUT2D eigenvalue weighted by molar-refractivity contribution is 0.669. The minimum atomic E-state index is 0.641. The number of nitrogens with zero attached hydrogens (tertiary/aromatic N) is 4. The fourth-order valence-electron chi connectivity index (χ4n) is 9.50. The van der Waals surface area contributed by atoms with Crippen molar-refractivity contribution in [1.29, 1.82) is 0 Å². The summed E-state index contributed by atoms with van der Waals surface area (Å²) in [6.07, 6.45) is 0. The average Bonchev–Trinajstić information content (AvgIpc) is 3.81. The van der Waals surface area contributed by atoms with Crippen molar-refractivity contribution in [3.05, 3.63) is 109 Å². The second-order valence-electron chi connectivity index (χ2n) is 16.8. The number of benzene rings is 7. The van der Waals surface area contributed by atoms with Crippen molar-refractivity contribution in [3.63, 3.8) is 0 Å². The molecule has 0 unspecified atom stereocenters. The van der Waals surface area contributed by atoms with Crippen molar-refractivity contribution < 1.29 is 4.42 Å². The molecule has 5 nitrogen and oxygen atoms in total. The molecule has 0 amide bonds. The van der Waals surface area contributed by atoms with Gasteiger partial charge in [0.05, 0.1) is 11.0 Å². The zero-order chi connectivity index (χ0) is 41.7. The van der Waals surface area contributed by atoms with Crippen LogP contribution in [0.1, 0.15) is 0 Å². The van der Waals surface area contributed by atoms with E-state index >= 15 is 0 Å². The van der Waals surface area contributed by atoms with E-state index < -0.39 is 0 Å². The van der Waals surface area contributed by atoms with Gasteiger partial charge in [0.2, 0.25) is 0 Å². The van der Waals surface area contributed by atoms with Crippen LogP contribution in [0.3, 0.4) is 0 Å². The van der Waals surface area contributed by atoms with Crippen LogP contribution in [0.2, 0.25) is 0 Å². The van der Waals surface area contributed by atoms with Crippen molar-refractivity contribution in [2.75, 3.05) is 0 Å². The van der Waals surface area contributed by atoms with Gasteiger partial charge in [0.1, 0.15) is 89.6 Å². The molecule has 60 heavy (non-hydrogen) atoms. The first-order valence-corrected chi connectivity index (χ1v) is 20.9. The van der Waals surface area contributed by atoms with Gasteiger partial charge in [-0.25, -0.2) is 15.0 Å². The Labute approximate surface area is 359 Å². The van der Waals surface area contributed by atoms with Gasteiger partial charge in [-0.15, -0.1) is 32.8 Å². The van der Waals surface area contributed by atoms with Crippen LogP contribution in [0.5, 0.6) is 0 Å². The van der Waals surface area contributed by atoms with Crippen molar-refractivity contribution in [2.45, 2.75) is 0 Å². The molecule has 0 aliphatic rings. The third-order valence-corrected chi connectivity index (χ3v) is 13.8. The fraction of sp³-hybridized carbons (Fsp3) is 0. The molecule has 10 rings (SSSR count). The number of fused-ring (bicyclic) bond motifs is 6. The third kappa shape index (κ3) is 5.80. The van der Waals surface area contributed by atoms with E-state index in [1.54, 1.807) is 0 Å². The van der Waals surface area contributed by atoms with Gasteiger partial charge in [-0.1, -0.05) is 82.5 Å². The van der Waals surface area contributed by atoms with Crippen LogP contribution in [-0.4, -0.2) is 98.0 Å². The highest BCUT2D eigenvalue weighted by molar-refractivity contribution is 6.70. The van der Waals surface area contributed by atoms with Crippen molar-refractivity contribution in [3.8, 4) is 51.0 Å². The van der Waals surface area contributed by atoms with Crippen LogP contribution in [0.15, 0.2) is 114 Å². The summed E-state index contributed by atoms with van der Waals surface area (Å²) in [5.41, 5.74) is 23.0. The summed E-state index contributed by atoms with van der Waals surface area (Å²) in [5.74, 6) is 2.04. The van der Waals surface area contributed by atoms with E-state index in [4.69, 9.17) is 19.4 Å². The lowest BCUT2D eigenvalue weighted by Crippen LogP contribution is -2.55. The first kappa shape index (κ1) is 38.0. The Morgan fingerprint density at radius 1 is 0.350 bits per heavy atom. The van der Waals surface area contributed by atoms with Crippen LogP contribution in [0.25, 0.3) is 94.7 Å². The van der Waals surface area contributed by atoms with E-state index in [-0.39, 0.29) is 0 Å². The molecule has 0 spiro atoms. The third-order valence-electron chi connectivity index (χ3n) is 13.8. The van der Waals surface area contributed by atoms with Crippen LogP contribution >= 0.6 is 0 Å². The summed E-state index contributed by atoms with van der Waals surface area (Å²) in [6.45, 7) is 0. The number of rotatable bonds is 5. The van der Waals surface area contributed by atoms with E-state index in [1.807, 2.05) is 0 Å². The van der Waals surface area contributed by atoms with Gasteiger partial charge in [-0.3, -0.25) is 0 Å². The monoisotopic (exact) mass is 760 g/mol. The van der Waals surface area contributed by atoms with Crippen LogP contribution in [-0.2, 0) is 0 Å². The second kappa shape index (κ2) is 14.2. The standard InChI is InChI=1S/C45H38B10N4O/c46-33-31(34(47)38(51)41(54)37(33)50)44-56-43(57-45(58-44)32-35(48)39(52)42(55)40(53)36(32)49)21-11-14-29-25(16-21)26-18-22(12-15-30(26)60-29)59-27-9-5-4-8-23(27)24-13-10-20(17-28(24)59)19-6-2-1-3-7-19/h1-18H,46-55H2. The lowest BCUT2D eigenvalue weighted by atomic mass is 9.60. The minimum absolute atomic E-state index is 0.641. The Morgan fingerprint density at radius 3 is 1.45 bits per heavy atom. The maximum absolute atomic E-state index is 6.53. The minimum Gasteiger partial charge on any atom is -0.456 e. The summed E-state index contributed by atoms with van der Waals surface area (Å²) in [5, 5.41) is 4.50. The van der Waals surface area contributed by atoms with Crippen molar-refractivity contribution in [2.24, 2.45) is 0 Å². The molecule has 0 fully saturated rings. The molecule has 0 radical (unpaired) electrons. The van der Waals surface area contributed by atoms with Gasteiger partial charge in [-0.05, 0) is 59.7 Å². The molecule has 15 heteroatoms. The van der Waals surface area contributed by atoms with Gasteiger partial charge in [0.15, 0.2) is 17.5 Å². The van der Waals surface area contributed by atoms with E-state index in [9.17, 15) is 0 Å². The summed E-state index contributed by atoms with van der Waals surface area (Å²) >= 11 is 0. The van der Waals surface area contributed by atoms with Crippen molar-refractivity contribution in [1.82, 2.24) is 19.5 Å². The first-order valence-electron chi connectivity index (χ1n) is 20.9. The highest BCUT2D eigenvalue weighted by Crippen LogP contribution is 2.38. The highest BCUT2D eigenvalue weighted by Gasteiger charge is 2.23. The van der Waals surface area contributed by atoms with Gasteiger partial charge < -0.3 is 8.98 Å². The Morgan fingerprint density at radius 2 is 0.833 bits per heavy atom. The Hall–Kier alpha value is -6.20. The quantitative estimate of drug-likeness (QED) is 0.165. The molecule has 0 saturated carbocycles. The Kier molecular flexibility index (Phi) is 9.02. The SMILES string of the molecule is Bc1c(B)c(B)c(-c2nc(-c3ccc4oc5ccc(-n6c7ccccc7c7ccc(-c8ccccc8)cc76)cc5c4c3)nc(-c3c(B)c(B)c(B)c(B)c3B)n2)c(B)c1B. The summed E-state index contributed by atoms with van der Waals surface area (Å²) in [7, 11) is 22.0. The predicted molar refractivity (Wildman–Crippen MR) is 285 cm³/mol. The average molecular weight is 759 g/mol. The van der Waals surface area contributed by atoms with E-state index in [0.29, 0.717) is 17.5 Å². The molecule has 0 saturated heterocycles. The molecule has 0 bridgehead atoms. The molecule has 274 valence electrons. The van der Waals surface area contributed by atoms with E-state index in [2.05, 4.69) is 192 Å². The number of furan rings is 1. The number of hydrogen-bond acceptors (Lipinski definition) is 4. The smallest absolute Gasteiger partial charge is 0.164 e. The van der Waals surface area contributed by atoms with Crippen LogP contribution < -0.4 is 54.6 Å². The van der Waals surface area contributed by atoms with Gasteiger partial charge >= 0.3 is 0 Å². The van der Waals surface area contributed by atoms with Crippen LogP contribution in [0, 0.1) is 0 Å². The molecule has 0 N–H and O–H groups in total. The molecule has 0 aliphatic heterocycles. The molecular formula is C45H38B10N4O. The Balaban J connectivity index is 1.20. The largest absolute Gasteiger partial charge is 0.456 e. The van der Waals surface area contributed by atoms with Gasteiger partial charge in [0, 0.05) is 43.9 Å². The zero-order valence-electron chi connectivity index (χ0n) is 36.1. The van der Waals surface area contributed by atoms with Crippen molar-refractivity contribution >= 4 is 177 Å². The molecule has 3 heterocycles. The van der Waals surface area contributed by atoms with Gasteiger partial charge in [0.25, 0.3) is 0 Å². The molecular weight excluding hydrogens is 721 g/mol. The molecule has 3 aromatic heterocycles. The van der Waals surface area contributed by atoms with E-state index in [1.165, 1.54) is 76.5 Å². The maximum atomic E-state index is 6.53. The van der Waals surface area contributed by atoms with E-state index in [0.717, 1.165) is 55.3 Å². The number of aromatic nitrogens is 4. The zero-order valence-corrected chi connectivity index (χ0v) is 36.1. The topological polar surface area (TPSA) is 56.7 Å². The summed E-state index contributed by atoms with van der Waals surface area (Å²) in [4.78, 5) is 16.0. The predicted octanol–water partition coefficient (Wildman–Crippen LogP) is -5.88. The molecule has 0 atom stereocenters. The van der Waals surface area contributed by atoms with Crippen LogP contribution in [0.4, 0.5) is 0 Å². The summed E-state index contributed by atoms with van der Waals surface area (Å²) < 4.78 is 8.91. The van der Waals surface area contributed by atoms with Gasteiger partial charge in [-0.2, -0.15) is 0 Å². The normalized spacial score (nSPS) is 11.7. The maximum Gasteiger partial charge on any atom is 0.164 e. The fourth-order valence-corrected chi connectivity index (χ4v) is 9.50. The number of hydrogen-bond donors (Lipinski definition) is 0. The molecule has 10 aromatic rings. The first-order chi connectivity index (χ1) is 28.9. The molecule has 0 aliphatic carbocycles. The summed E-state index contributed by atoms with van der Waals surface area (Å²) in [6, 6.07) is 39.0. The lowest BCUT2D eigenvalue weighted by Gasteiger charge is -2.22.